The Hall–Kier alpha value is -3.32. The molecule has 3 rings (SSSR count). The molecule has 0 unspecified atom stereocenters. The number of para-hydroxylation sites is 3. The molecule has 0 aliphatic carbocycles. The van der Waals surface area contributed by atoms with Crippen LogP contribution in [0.2, 0.25) is 0 Å². The maximum atomic E-state index is 11.2. The third-order valence-corrected chi connectivity index (χ3v) is 4.21. The molecule has 0 heterocycles. The van der Waals surface area contributed by atoms with Crippen molar-refractivity contribution < 1.29 is 4.92 Å². The van der Waals surface area contributed by atoms with Crippen LogP contribution in [0.4, 0.5) is 17.1 Å². The van der Waals surface area contributed by atoms with Crippen LogP contribution in [0.25, 0.3) is 0 Å². The molecular weight excluding hydrogens is 348 g/mol. The van der Waals surface area contributed by atoms with Gasteiger partial charge >= 0.3 is 0 Å². The lowest BCUT2D eigenvalue weighted by molar-refractivity contribution is -0.387. The minimum atomic E-state index is -0.400. The van der Waals surface area contributed by atoms with E-state index in [2.05, 4.69) is 15.0 Å². The second kappa shape index (κ2) is 8.68. The van der Waals surface area contributed by atoms with Crippen molar-refractivity contribution in [2.45, 2.75) is 4.90 Å². The quantitative estimate of drug-likeness (QED) is 0.219. The van der Waals surface area contributed by atoms with E-state index >= 15 is 0 Å². The van der Waals surface area contributed by atoms with Gasteiger partial charge in [0.1, 0.15) is 4.90 Å². The van der Waals surface area contributed by atoms with Crippen LogP contribution >= 0.6 is 11.9 Å². The summed E-state index contributed by atoms with van der Waals surface area (Å²) >= 11 is 1.14. The number of rotatable bonds is 5. The van der Waals surface area contributed by atoms with Crippen molar-refractivity contribution in [1.82, 2.24) is 4.72 Å². The fourth-order valence-corrected chi connectivity index (χ4v) is 2.86. The van der Waals surface area contributed by atoms with Crippen LogP contribution in [0, 0.1) is 10.1 Å². The zero-order valence-electron chi connectivity index (χ0n) is 13.7. The summed E-state index contributed by atoms with van der Waals surface area (Å²) in [6, 6.07) is 25.6. The fourth-order valence-electron chi connectivity index (χ4n) is 2.16. The third-order valence-electron chi connectivity index (χ3n) is 3.35. The molecule has 0 aromatic heterocycles. The lowest BCUT2D eigenvalue weighted by atomic mass is 10.3. The summed E-state index contributed by atoms with van der Waals surface area (Å²) < 4.78 is 3.08. The largest absolute Gasteiger partial charge is 0.325 e. The van der Waals surface area contributed by atoms with Crippen LogP contribution in [0.3, 0.4) is 0 Å². The summed E-state index contributed by atoms with van der Waals surface area (Å²) in [6.07, 6.45) is 0. The van der Waals surface area contributed by atoms with E-state index in [-0.39, 0.29) is 5.69 Å². The highest BCUT2D eigenvalue weighted by Gasteiger charge is 2.13. The van der Waals surface area contributed by atoms with Gasteiger partial charge in [-0.15, -0.1) is 0 Å². The van der Waals surface area contributed by atoms with Crippen molar-refractivity contribution in [3.8, 4) is 0 Å². The Bertz CT molecular complexity index is 902. The summed E-state index contributed by atoms with van der Waals surface area (Å²) in [4.78, 5) is 15.8. The number of hydrogen-bond acceptors (Lipinski definition) is 4. The molecule has 0 spiro atoms. The Balaban J connectivity index is 1.82. The molecule has 26 heavy (non-hydrogen) atoms. The molecule has 7 heteroatoms. The first-order chi connectivity index (χ1) is 12.7. The Labute approximate surface area is 155 Å². The highest BCUT2D eigenvalue weighted by Crippen LogP contribution is 2.26. The summed E-state index contributed by atoms with van der Waals surface area (Å²) in [5.41, 5.74) is 1.67. The topological polar surface area (TPSA) is 79.6 Å². The zero-order valence-corrected chi connectivity index (χ0v) is 14.5. The lowest BCUT2D eigenvalue weighted by Gasteiger charge is -2.12. The van der Waals surface area contributed by atoms with E-state index in [0.717, 1.165) is 23.3 Å². The summed E-state index contributed by atoms with van der Waals surface area (Å²) in [5, 5.41) is 14.4. The molecule has 6 nitrogen and oxygen atoms in total. The second-order valence-electron chi connectivity index (χ2n) is 5.22. The van der Waals surface area contributed by atoms with E-state index in [1.54, 1.807) is 18.2 Å². The number of nitrogens with zero attached hydrogens (tertiary/aromatic N) is 2. The monoisotopic (exact) mass is 364 g/mol. The summed E-state index contributed by atoms with van der Waals surface area (Å²) in [5.74, 6) is 0.477. The maximum Gasteiger partial charge on any atom is 0.284 e. The molecule has 0 saturated carbocycles. The number of nitro benzene ring substituents is 1. The number of nitrogens with one attached hydrogen (secondary N) is 2. The van der Waals surface area contributed by atoms with E-state index in [9.17, 15) is 10.1 Å². The molecule has 3 aromatic rings. The standard InChI is InChI=1S/C19H16N4O2S/c24-23(25)17-13-7-8-14-18(17)26-22-19(20-15-9-3-1-4-10-15)21-16-11-5-2-6-12-16/h1-14H,(H2,20,21,22). The van der Waals surface area contributed by atoms with E-state index in [1.165, 1.54) is 6.07 Å². The van der Waals surface area contributed by atoms with Crippen LogP contribution in [0.1, 0.15) is 0 Å². The molecule has 0 aliphatic heterocycles. The average Bonchev–Trinajstić information content (AvgIpc) is 2.68. The Morgan fingerprint density at radius 3 is 2.19 bits per heavy atom. The Kier molecular flexibility index (Phi) is 5.84. The number of anilines is 1. The van der Waals surface area contributed by atoms with Gasteiger partial charge in [-0.05, 0) is 42.3 Å². The van der Waals surface area contributed by atoms with Crippen LogP contribution in [0.15, 0.2) is 94.8 Å². The number of guanidine groups is 1. The molecule has 0 saturated heterocycles. The molecule has 2 N–H and O–H groups in total. The predicted octanol–water partition coefficient (Wildman–Crippen LogP) is 4.99. The van der Waals surface area contributed by atoms with Crippen LogP contribution < -0.4 is 10.0 Å². The van der Waals surface area contributed by atoms with Gasteiger partial charge in [-0.3, -0.25) is 14.8 Å². The number of benzene rings is 3. The van der Waals surface area contributed by atoms with E-state index in [1.807, 2.05) is 60.7 Å². The van der Waals surface area contributed by atoms with Crippen LogP contribution in [-0.4, -0.2) is 10.9 Å². The van der Waals surface area contributed by atoms with Gasteiger partial charge in [0.05, 0.1) is 10.6 Å². The molecule has 0 fully saturated rings. The Morgan fingerprint density at radius 2 is 1.50 bits per heavy atom. The molecule has 0 bridgehead atoms. The Morgan fingerprint density at radius 1 is 0.885 bits per heavy atom. The van der Waals surface area contributed by atoms with Gasteiger partial charge in [0.2, 0.25) is 5.96 Å². The fraction of sp³-hybridized carbons (Fsp3) is 0. The number of aliphatic imine (C=N–C) groups is 1. The number of hydrogen-bond donors (Lipinski definition) is 2. The van der Waals surface area contributed by atoms with E-state index in [4.69, 9.17) is 0 Å². The molecule has 0 radical (unpaired) electrons. The highest BCUT2D eigenvalue weighted by atomic mass is 32.2. The zero-order chi connectivity index (χ0) is 18.2. The SMILES string of the molecule is O=[N+]([O-])c1ccccc1SNC(=Nc1ccccc1)Nc1ccccc1. The third kappa shape index (κ3) is 4.84. The first kappa shape index (κ1) is 17.5. The van der Waals surface area contributed by atoms with Gasteiger partial charge in [0.25, 0.3) is 5.69 Å². The van der Waals surface area contributed by atoms with Gasteiger partial charge in [-0.1, -0.05) is 48.5 Å². The highest BCUT2D eigenvalue weighted by molar-refractivity contribution is 7.98. The molecule has 0 atom stereocenters. The van der Waals surface area contributed by atoms with Gasteiger partial charge in [-0.25, -0.2) is 4.99 Å². The van der Waals surface area contributed by atoms with Crippen molar-refractivity contribution in [1.29, 1.82) is 0 Å². The van der Waals surface area contributed by atoms with E-state index < -0.39 is 4.92 Å². The first-order valence-corrected chi connectivity index (χ1v) is 8.66. The van der Waals surface area contributed by atoms with Crippen LogP contribution in [0.5, 0.6) is 0 Å². The minimum Gasteiger partial charge on any atom is -0.325 e. The maximum absolute atomic E-state index is 11.2. The van der Waals surface area contributed by atoms with Crippen molar-refractivity contribution >= 4 is 35.0 Å². The van der Waals surface area contributed by atoms with Crippen molar-refractivity contribution in [2.24, 2.45) is 4.99 Å². The minimum absolute atomic E-state index is 0.0452. The van der Waals surface area contributed by atoms with Crippen molar-refractivity contribution in [3.63, 3.8) is 0 Å². The summed E-state index contributed by atoms with van der Waals surface area (Å²) in [7, 11) is 0. The molecule has 0 aliphatic rings. The predicted molar refractivity (Wildman–Crippen MR) is 106 cm³/mol. The number of nitro groups is 1. The second-order valence-corrected chi connectivity index (χ2v) is 6.06. The van der Waals surface area contributed by atoms with E-state index in [0.29, 0.717) is 10.9 Å². The van der Waals surface area contributed by atoms with Gasteiger partial charge in [-0.2, -0.15) is 0 Å². The molecule has 130 valence electrons. The normalized spacial score (nSPS) is 11.0. The first-order valence-electron chi connectivity index (χ1n) is 7.84. The van der Waals surface area contributed by atoms with Crippen molar-refractivity contribution in [3.05, 3.63) is 95.0 Å². The van der Waals surface area contributed by atoms with Gasteiger partial charge < -0.3 is 5.32 Å². The van der Waals surface area contributed by atoms with Crippen molar-refractivity contribution in [2.75, 3.05) is 5.32 Å². The smallest absolute Gasteiger partial charge is 0.284 e. The average molecular weight is 364 g/mol. The molecule has 3 aromatic carbocycles. The van der Waals surface area contributed by atoms with Gasteiger partial charge in [0, 0.05) is 11.8 Å². The van der Waals surface area contributed by atoms with Gasteiger partial charge in [0.15, 0.2) is 0 Å². The van der Waals surface area contributed by atoms with Crippen LogP contribution in [-0.2, 0) is 0 Å². The molecular formula is C19H16N4O2S. The summed E-state index contributed by atoms with van der Waals surface area (Å²) in [6.45, 7) is 0. The lowest BCUT2D eigenvalue weighted by Crippen LogP contribution is -2.25. The molecule has 0 amide bonds.